The molecule has 1 spiro atoms. The number of nitrogens with zero attached hydrogens (tertiary/aromatic N) is 2. The van der Waals surface area contributed by atoms with E-state index in [-0.39, 0.29) is 18.0 Å². The summed E-state index contributed by atoms with van der Waals surface area (Å²) >= 11 is 0. The Labute approximate surface area is 126 Å². The van der Waals surface area contributed by atoms with Crippen molar-refractivity contribution in [2.75, 3.05) is 26.7 Å². The van der Waals surface area contributed by atoms with E-state index in [1.165, 1.54) is 17.2 Å². The lowest BCUT2D eigenvalue weighted by molar-refractivity contribution is -0.150. The van der Waals surface area contributed by atoms with Gasteiger partial charge in [-0.3, -0.25) is 9.59 Å². The fourth-order valence-corrected chi connectivity index (χ4v) is 3.53. The molecule has 0 aromatic carbocycles. The van der Waals surface area contributed by atoms with Gasteiger partial charge < -0.3 is 14.2 Å². The van der Waals surface area contributed by atoms with Crippen LogP contribution in [0.15, 0.2) is 16.7 Å². The average Bonchev–Trinajstić information content (AvgIpc) is 2.96. The van der Waals surface area contributed by atoms with Gasteiger partial charge >= 0.3 is 0 Å². The van der Waals surface area contributed by atoms with E-state index in [4.69, 9.17) is 4.42 Å². The Morgan fingerprint density at radius 1 is 1.36 bits per heavy atom. The molecule has 2 saturated heterocycles. The summed E-state index contributed by atoms with van der Waals surface area (Å²) in [6.07, 6.45) is 1.22. The highest BCUT2D eigenvalue weighted by Gasteiger charge is 2.57. The van der Waals surface area contributed by atoms with Crippen LogP contribution in [0, 0.1) is 12.3 Å². The van der Waals surface area contributed by atoms with Crippen LogP contribution in [0.4, 0.5) is 8.78 Å². The Hall–Kier alpha value is -1.92. The molecule has 2 aliphatic rings. The van der Waals surface area contributed by atoms with Crippen LogP contribution in [-0.4, -0.2) is 54.2 Å². The van der Waals surface area contributed by atoms with E-state index in [1.807, 2.05) is 0 Å². The maximum absolute atomic E-state index is 14.2. The van der Waals surface area contributed by atoms with Gasteiger partial charge in [0.2, 0.25) is 5.91 Å². The zero-order valence-electron chi connectivity index (χ0n) is 12.6. The van der Waals surface area contributed by atoms with Gasteiger partial charge in [0.1, 0.15) is 5.76 Å². The van der Waals surface area contributed by atoms with Gasteiger partial charge in [-0.15, -0.1) is 0 Å². The second-order valence-corrected chi connectivity index (χ2v) is 6.34. The van der Waals surface area contributed by atoms with Gasteiger partial charge in [-0.1, -0.05) is 0 Å². The Kier molecular flexibility index (Phi) is 3.27. The molecule has 0 unspecified atom stereocenters. The van der Waals surface area contributed by atoms with E-state index in [0.717, 1.165) is 4.90 Å². The van der Waals surface area contributed by atoms with Crippen molar-refractivity contribution in [1.29, 1.82) is 0 Å². The molecule has 22 heavy (non-hydrogen) atoms. The first-order chi connectivity index (χ1) is 10.2. The molecule has 5 nitrogen and oxygen atoms in total. The van der Waals surface area contributed by atoms with E-state index in [9.17, 15) is 18.4 Å². The fourth-order valence-electron chi connectivity index (χ4n) is 3.53. The van der Waals surface area contributed by atoms with E-state index < -0.39 is 30.2 Å². The minimum absolute atomic E-state index is 0.0369. The second kappa shape index (κ2) is 4.79. The van der Waals surface area contributed by atoms with E-state index in [1.54, 1.807) is 14.0 Å². The SMILES string of the molecule is Cc1occc1C(=O)N1CC(F)(F)C[C@]2(CCN(C)C2=O)C1. The zero-order valence-corrected chi connectivity index (χ0v) is 12.6. The summed E-state index contributed by atoms with van der Waals surface area (Å²) in [5, 5.41) is 0. The van der Waals surface area contributed by atoms with Crippen LogP contribution in [0.3, 0.4) is 0 Å². The lowest BCUT2D eigenvalue weighted by Gasteiger charge is -2.42. The molecular weight excluding hydrogens is 294 g/mol. The van der Waals surface area contributed by atoms with Crippen molar-refractivity contribution < 1.29 is 22.8 Å². The molecule has 2 fully saturated rings. The molecule has 1 aromatic heterocycles. The van der Waals surface area contributed by atoms with Crippen LogP contribution >= 0.6 is 0 Å². The van der Waals surface area contributed by atoms with Crippen LogP contribution in [0.25, 0.3) is 0 Å². The van der Waals surface area contributed by atoms with Crippen LogP contribution in [0.2, 0.25) is 0 Å². The summed E-state index contributed by atoms with van der Waals surface area (Å²) < 4.78 is 33.4. The molecule has 3 heterocycles. The normalized spacial score (nSPS) is 27.7. The molecule has 0 radical (unpaired) electrons. The highest BCUT2D eigenvalue weighted by Crippen LogP contribution is 2.45. The summed E-state index contributed by atoms with van der Waals surface area (Å²) in [7, 11) is 1.61. The van der Waals surface area contributed by atoms with E-state index >= 15 is 0 Å². The highest BCUT2D eigenvalue weighted by molar-refractivity contribution is 5.96. The summed E-state index contributed by atoms with van der Waals surface area (Å²) in [5.41, 5.74) is -0.893. The molecule has 0 saturated carbocycles. The lowest BCUT2D eigenvalue weighted by Crippen LogP contribution is -2.57. The van der Waals surface area contributed by atoms with Gasteiger partial charge in [0, 0.05) is 26.6 Å². The van der Waals surface area contributed by atoms with Crippen molar-refractivity contribution >= 4 is 11.8 Å². The molecular formula is C15H18F2N2O3. The zero-order chi connectivity index (χ0) is 16.1. The largest absolute Gasteiger partial charge is 0.469 e. The van der Waals surface area contributed by atoms with Gasteiger partial charge in [0.05, 0.1) is 23.8 Å². The number of piperidine rings is 1. The molecule has 120 valence electrons. The summed E-state index contributed by atoms with van der Waals surface area (Å²) in [5.74, 6) is -3.48. The third-order valence-corrected chi connectivity index (χ3v) is 4.62. The maximum Gasteiger partial charge on any atom is 0.266 e. The lowest BCUT2D eigenvalue weighted by atomic mass is 9.76. The van der Waals surface area contributed by atoms with Gasteiger partial charge in [-0.2, -0.15) is 0 Å². The number of furan rings is 1. The summed E-state index contributed by atoms with van der Waals surface area (Å²) in [6, 6.07) is 1.47. The van der Waals surface area contributed by atoms with Crippen molar-refractivity contribution in [3.05, 3.63) is 23.7 Å². The number of alkyl halides is 2. The third-order valence-electron chi connectivity index (χ3n) is 4.62. The quantitative estimate of drug-likeness (QED) is 0.796. The number of hydrogen-bond acceptors (Lipinski definition) is 3. The molecule has 3 rings (SSSR count). The molecule has 1 atom stereocenters. The Bertz CT molecular complexity index is 628. The minimum Gasteiger partial charge on any atom is -0.469 e. The fraction of sp³-hybridized carbons (Fsp3) is 0.600. The summed E-state index contributed by atoms with van der Waals surface area (Å²) in [4.78, 5) is 27.4. The Morgan fingerprint density at radius 3 is 2.64 bits per heavy atom. The number of carbonyl (C=O) groups is 2. The minimum atomic E-state index is -3.06. The van der Waals surface area contributed by atoms with E-state index in [0.29, 0.717) is 18.7 Å². The first-order valence-electron chi connectivity index (χ1n) is 7.21. The van der Waals surface area contributed by atoms with Gasteiger partial charge in [0.25, 0.3) is 11.8 Å². The number of carbonyl (C=O) groups excluding carboxylic acids is 2. The molecule has 2 amide bonds. The standard InChI is InChI=1S/C15H18F2N2O3/c1-10-11(3-6-22-10)12(20)19-8-14(7-15(16,17)9-19)4-5-18(2)13(14)21/h3,6H,4-5,7-9H2,1-2H3/t14-/m1/s1. The average molecular weight is 312 g/mol. The van der Waals surface area contributed by atoms with Crippen molar-refractivity contribution in [2.45, 2.75) is 25.7 Å². The monoisotopic (exact) mass is 312 g/mol. The second-order valence-electron chi connectivity index (χ2n) is 6.34. The molecule has 0 aliphatic carbocycles. The number of likely N-dealkylation sites (tertiary alicyclic amines) is 2. The molecule has 0 N–H and O–H groups in total. The molecule has 0 bridgehead atoms. The first kappa shape index (κ1) is 15.0. The number of amides is 2. The third kappa shape index (κ3) is 2.28. The Balaban J connectivity index is 1.91. The van der Waals surface area contributed by atoms with Crippen LogP contribution in [0.1, 0.15) is 29.0 Å². The number of halogens is 2. The smallest absolute Gasteiger partial charge is 0.266 e. The topological polar surface area (TPSA) is 53.8 Å². The highest BCUT2D eigenvalue weighted by atomic mass is 19.3. The Morgan fingerprint density at radius 2 is 2.09 bits per heavy atom. The maximum atomic E-state index is 14.2. The number of aryl methyl sites for hydroxylation is 1. The van der Waals surface area contributed by atoms with Gasteiger partial charge in [-0.05, 0) is 19.4 Å². The van der Waals surface area contributed by atoms with Crippen LogP contribution in [-0.2, 0) is 4.79 Å². The van der Waals surface area contributed by atoms with Crippen LogP contribution in [0.5, 0.6) is 0 Å². The van der Waals surface area contributed by atoms with Crippen LogP contribution < -0.4 is 0 Å². The summed E-state index contributed by atoms with van der Waals surface area (Å²) in [6.45, 7) is 1.44. The molecule has 7 heteroatoms. The van der Waals surface area contributed by atoms with Crippen molar-refractivity contribution in [1.82, 2.24) is 9.80 Å². The molecule has 1 aromatic rings. The predicted octanol–water partition coefficient (Wildman–Crippen LogP) is 1.92. The number of rotatable bonds is 1. The number of hydrogen-bond donors (Lipinski definition) is 0. The van der Waals surface area contributed by atoms with Crippen molar-refractivity contribution in [3.8, 4) is 0 Å². The van der Waals surface area contributed by atoms with Gasteiger partial charge in [-0.25, -0.2) is 8.78 Å². The predicted molar refractivity (Wildman–Crippen MR) is 73.6 cm³/mol. The molecule has 2 aliphatic heterocycles. The first-order valence-corrected chi connectivity index (χ1v) is 7.21. The van der Waals surface area contributed by atoms with Crippen molar-refractivity contribution in [2.24, 2.45) is 5.41 Å². The van der Waals surface area contributed by atoms with E-state index in [2.05, 4.69) is 0 Å². The van der Waals surface area contributed by atoms with Crippen molar-refractivity contribution in [3.63, 3.8) is 0 Å². The van der Waals surface area contributed by atoms with Gasteiger partial charge in [0.15, 0.2) is 0 Å².